The van der Waals surface area contributed by atoms with Gasteiger partial charge in [-0.25, -0.2) is 4.98 Å². The third-order valence-electron chi connectivity index (χ3n) is 8.23. The summed E-state index contributed by atoms with van der Waals surface area (Å²) < 4.78 is 88.8. The quantitative estimate of drug-likeness (QED) is 0.118. The van der Waals surface area contributed by atoms with Crippen molar-refractivity contribution < 1.29 is 31.1 Å². The molecule has 0 spiro atoms. The summed E-state index contributed by atoms with van der Waals surface area (Å²) in [6.45, 7) is 13.1. The highest BCUT2D eigenvalue weighted by Crippen LogP contribution is 2.42. The Morgan fingerprint density at radius 3 is 1.82 bits per heavy atom. The van der Waals surface area contributed by atoms with Crippen molar-refractivity contribution in [1.29, 1.82) is 0 Å². The Morgan fingerprint density at radius 1 is 0.773 bits per heavy atom. The highest BCUT2D eigenvalue weighted by atomic mass is 35.5. The first kappa shape index (κ1) is 33.5. The first-order valence-electron chi connectivity index (χ1n) is 14.1. The fraction of sp³-hybridized carbons (Fsp3) is 0.364. The van der Waals surface area contributed by atoms with Gasteiger partial charge < -0.3 is 4.74 Å². The Kier molecular flexibility index (Phi) is 9.25. The van der Waals surface area contributed by atoms with Crippen molar-refractivity contribution in [3.05, 3.63) is 76.6 Å². The Balaban J connectivity index is 2.04. The van der Waals surface area contributed by atoms with Gasteiger partial charge in [-0.2, -0.15) is 26.3 Å². The molecule has 0 fully saturated rings. The largest absolute Gasteiger partial charge is 0.495 e. The van der Waals surface area contributed by atoms with Gasteiger partial charge in [-0.15, -0.1) is 5.54 Å². The van der Waals surface area contributed by atoms with Gasteiger partial charge in [0.05, 0.1) is 40.0 Å². The summed E-state index contributed by atoms with van der Waals surface area (Å²) in [5.74, 6) is 4.16. The number of fused-ring (bicyclic) bond motifs is 1. The van der Waals surface area contributed by atoms with Crippen molar-refractivity contribution in [2.45, 2.75) is 70.5 Å². The van der Waals surface area contributed by atoms with Crippen LogP contribution in [-0.4, -0.2) is 24.7 Å². The first-order valence-corrected chi connectivity index (χ1v) is 16.7. The average molecular weight is 651 g/mol. The maximum absolute atomic E-state index is 13.6. The van der Waals surface area contributed by atoms with E-state index in [1.807, 2.05) is 0 Å². The molecular formula is C33H33ClF6N2OSi. The molecule has 1 aromatic heterocycles. The van der Waals surface area contributed by atoms with Gasteiger partial charge in [0, 0.05) is 0 Å². The van der Waals surface area contributed by atoms with Crippen LogP contribution < -0.4 is 4.74 Å². The molecule has 11 heteroatoms. The summed E-state index contributed by atoms with van der Waals surface area (Å²) in [6.07, 6.45) is -9.94. The van der Waals surface area contributed by atoms with Crippen LogP contribution in [0.15, 0.2) is 54.6 Å². The van der Waals surface area contributed by atoms with Crippen LogP contribution in [0.5, 0.6) is 5.75 Å². The number of halogens is 7. The predicted molar refractivity (Wildman–Crippen MR) is 166 cm³/mol. The molecule has 3 aromatic carbocycles. The minimum atomic E-state index is -4.97. The lowest BCUT2D eigenvalue weighted by Crippen LogP contribution is -2.43. The zero-order valence-corrected chi connectivity index (χ0v) is 27.1. The minimum absolute atomic E-state index is 0.119. The molecule has 0 saturated carbocycles. The second kappa shape index (κ2) is 12.2. The molecule has 3 nitrogen and oxygen atoms in total. The maximum Gasteiger partial charge on any atom is 0.416 e. The molecule has 0 amide bonds. The van der Waals surface area contributed by atoms with Crippen LogP contribution in [0.3, 0.4) is 0 Å². The van der Waals surface area contributed by atoms with E-state index in [1.165, 1.54) is 19.2 Å². The molecule has 0 saturated heterocycles. The second-order valence-corrected chi connectivity index (χ2v) is 17.7. The molecule has 4 aromatic rings. The summed E-state index contributed by atoms with van der Waals surface area (Å²) in [5.41, 5.74) is 3.32. The van der Waals surface area contributed by atoms with Crippen LogP contribution >= 0.6 is 11.6 Å². The molecule has 0 atom stereocenters. The molecule has 0 aliphatic heterocycles. The van der Waals surface area contributed by atoms with Gasteiger partial charge >= 0.3 is 12.4 Å². The minimum Gasteiger partial charge on any atom is -0.495 e. The molecule has 44 heavy (non-hydrogen) atoms. The molecule has 234 valence electrons. The Morgan fingerprint density at radius 2 is 1.34 bits per heavy atom. The van der Waals surface area contributed by atoms with E-state index in [0.29, 0.717) is 49.9 Å². The summed E-state index contributed by atoms with van der Waals surface area (Å²) in [5, 5.41) is 0.310. The number of benzene rings is 3. The highest BCUT2D eigenvalue weighted by molar-refractivity contribution is 6.90. The Labute approximate surface area is 259 Å². The van der Waals surface area contributed by atoms with Crippen molar-refractivity contribution in [3.8, 4) is 34.0 Å². The van der Waals surface area contributed by atoms with E-state index in [4.69, 9.17) is 21.3 Å². The summed E-state index contributed by atoms with van der Waals surface area (Å²) in [4.78, 5) is 4.77. The molecular weight excluding hydrogens is 618 g/mol. The van der Waals surface area contributed by atoms with Crippen LogP contribution in [0.25, 0.3) is 27.8 Å². The van der Waals surface area contributed by atoms with E-state index in [1.54, 1.807) is 28.8 Å². The molecule has 0 unspecified atom stereocenters. The third-order valence-corrected chi connectivity index (χ3v) is 14.8. The van der Waals surface area contributed by atoms with E-state index < -0.39 is 31.6 Å². The number of ether oxygens (including phenoxy) is 1. The predicted octanol–water partition coefficient (Wildman–Crippen LogP) is 11.0. The van der Waals surface area contributed by atoms with E-state index in [0.717, 1.165) is 12.1 Å². The monoisotopic (exact) mass is 650 g/mol. The van der Waals surface area contributed by atoms with Crippen LogP contribution in [0.2, 0.25) is 21.6 Å². The van der Waals surface area contributed by atoms with E-state index in [9.17, 15) is 26.3 Å². The van der Waals surface area contributed by atoms with E-state index in [2.05, 4.69) is 53.0 Å². The van der Waals surface area contributed by atoms with E-state index >= 15 is 0 Å². The van der Waals surface area contributed by atoms with Crippen LogP contribution in [0, 0.1) is 11.5 Å². The number of nitrogens with zero attached hydrogens (tertiary/aromatic N) is 2. The molecule has 0 aliphatic carbocycles. The third kappa shape index (κ3) is 6.36. The van der Waals surface area contributed by atoms with Crippen molar-refractivity contribution in [1.82, 2.24) is 9.55 Å². The molecule has 0 bridgehead atoms. The fourth-order valence-corrected chi connectivity index (χ4v) is 11.6. The fourth-order valence-electron chi connectivity index (χ4n) is 6.11. The van der Waals surface area contributed by atoms with Crippen LogP contribution in [0.4, 0.5) is 26.3 Å². The maximum atomic E-state index is 13.6. The smallest absolute Gasteiger partial charge is 0.416 e. The van der Waals surface area contributed by atoms with Gasteiger partial charge in [-0.05, 0) is 82.2 Å². The normalized spacial score (nSPS) is 12.8. The van der Waals surface area contributed by atoms with Crippen LogP contribution in [-0.2, 0) is 12.4 Å². The van der Waals surface area contributed by atoms with Gasteiger partial charge in [0.1, 0.15) is 13.8 Å². The average Bonchev–Trinajstić information content (AvgIpc) is 3.29. The molecule has 0 N–H and O–H groups in total. The van der Waals surface area contributed by atoms with Crippen molar-refractivity contribution in [3.63, 3.8) is 0 Å². The lowest BCUT2D eigenvalue weighted by Gasteiger charge is -2.38. The number of methoxy groups -OCH3 is 1. The zero-order valence-electron chi connectivity index (χ0n) is 25.4. The van der Waals surface area contributed by atoms with E-state index in [-0.39, 0.29) is 17.2 Å². The summed E-state index contributed by atoms with van der Waals surface area (Å²) in [7, 11) is -0.713. The molecule has 1 heterocycles. The highest BCUT2D eigenvalue weighted by Gasteiger charge is 2.42. The van der Waals surface area contributed by atoms with Gasteiger partial charge in [0.25, 0.3) is 0 Å². The second-order valence-electron chi connectivity index (χ2n) is 11.7. The number of hydrogen-bond acceptors (Lipinski definition) is 2. The number of imidazole rings is 1. The number of alkyl halides is 6. The topological polar surface area (TPSA) is 27.1 Å². The number of rotatable bonds is 6. The molecule has 4 rings (SSSR count). The van der Waals surface area contributed by atoms with Gasteiger partial charge in [0.15, 0.2) is 5.82 Å². The lowest BCUT2D eigenvalue weighted by atomic mass is 9.98. The first-order chi connectivity index (χ1) is 20.4. The Hall–Kier alpha value is -3.42. The number of aromatic nitrogens is 2. The number of hydrogen-bond donors (Lipinski definition) is 0. The Bertz CT molecular complexity index is 1690. The summed E-state index contributed by atoms with van der Waals surface area (Å²) in [6, 6.07) is 11.2. The van der Waals surface area contributed by atoms with Crippen molar-refractivity contribution in [2.75, 3.05) is 7.11 Å². The van der Waals surface area contributed by atoms with Crippen molar-refractivity contribution in [2.24, 2.45) is 0 Å². The zero-order chi connectivity index (χ0) is 32.8. The SMILES string of the molecule is COc1ccc(-n2c(C#C[Si](C(C)C)(C(C)C)C(C)C)nc3ccc(-c4cc(C(F)(F)F)cc(C(F)(F)F)c4)cc32)cc1Cl. The summed E-state index contributed by atoms with van der Waals surface area (Å²) >= 11 is 6.47. The van der Waals surface area contributed by atoms with Crippen molar-refractivity contribution >= 4 is 30.7 Å². The van der Waals surface area contributed by atoms with Crippen LogP contribution in [0.1, 0.15) is 58.5 Å². The molecule has 0 radical (unpaired) electrons. The van der Waals surface area contributed by atoms with Gasteiger partial charge in [-0.3, -0.25) is 4.57 Å². The lowest BCUT2D eigenvalue weighted by molar-refractivity contribution is -0.143. The standard InChI is InChI=1S/C33H33ClF6N2OSi/c1-19(2)44(20(3)4,21(5)6)13-12-31-41-28-10-8-22(16-29(28)42(31)26-9-11-30(43-7)27(34)18-26)23-14-24(32(35,36)37)17-25(15-23)33(38,39)40/h8-11,14-21H,1-7H3. The molecule has 0 aliphatic rings. The van der Waals surface area contributed by atoms with Gasteiger partial charge in [-0.1, -0.05) is 59.2 Å². The van der Waals surface area contributed by atoms with Gasteiger partial charge in [0.2, 0.25) is 0 Å².